The van der Waals surface area contributed by atoms with Crippen LogP contribution in [0.2, 0.25) is 0 Å². The second-order valence-electron chi connectivity index (χ2n) is 5.73. The molecule has 0 aliphatic carbocycles. The molecule has 0 aliphatic heterocycles. The van der Waals surface area contributed by atoms with Gasteiger partial charge in [0.15, 0.2) is 0 Å². The lowest BCUT2D eigenvalue weighted by molar-refractivity contribution is 0.0950. The summed E-state index contributed by atoms with van der Waals surface area (Å²) in [4.78, 5) is 16.6. The highest BCUT2D eigenvalue weighted by Gasteiger charge is 2.10. The monoisotopic (exact) mass is 446 g/mol. The van der Waals surface area contributed by atoms with Gasteiger partial charge in [-0.3, -0.25) is 9.78 Å². The standard InChI is InChI=1S/C20H19IN2O2/c1-14-6-2-9-16(18(14)21)20(24)23-12-5-13-25-17-10-3-7-15-8-4-11-22-19(15)17/h2-4,6-11H,5,12-13H2,1H3,(H,23,24). The molecule has 1 heterocycles. The van der Waals surface area contributed by atoms with E-state index in [1.54, 1.807) is 6.20 Å². The number of aryl methyl sites for hydroxylation is 1. The Morgan fingerprint density at radius 2 is 1.96 bits per heavy atom. The molecule has 5 heteroatoms. The van der Waals surface area contributed by atoms with Crippen LogP contribution in [0.5, 0.6) is 5.75 Å². The molecule has 1 aromatic heterocycles. The molecule has 2 aromatic carbocycles. The molecule has 1 N–H and O–H groups in total. The Bertz CT molecular complexity index is 891. The van der Waals surface area contributed by atoms with Crippen molar-refractivity contribution in [3.8, 4) is 5.75 Å². The summed E-state index contributed by atoms with van der Waals surface area (Å²) < 4.78 is 6.83. The highest BCUT2D eigenvalue weighted by Crippen LogP contribution is 2.23. The van der Waals surface area contributed by atoms with Gasteiger partial charge in [-0.15, -0.1) is 0 Å². The van der Waals surface area contributed by atoms with Crippen LogP contribution in [0.4, 0.5) is 0 Å². The van der Waals surface area contributed by atoms with Crippen LogP contribution in [0.25, 0.3) is 10.9 Å². The van der Waals surface area contributed by atoms with E-state index in [1.807, 2.05) is 55.5 Å². The van der Waals surface area contributed by atoms with E-state index < -0.39 is 0 Å². The first-order valence-corrected chi connectivity index (χ1v) is 9.24. The minimum Gasteiger partial charge on any atom is -0.491 e. The highest BCUT2D eigenvalue weighted by molar-refractivity contribution is 14.1. The average molecular weight is 446 g/mol. The quantitative estimate of drug-likeness (QED) is 0.453. The van der Waals surface area contributed by atoms with Crippen molar-refractivity contribution in [3.05, 3.63) is 69.4 Å². The largest absolute Gasteiger partial charge is 0.491 e. The summed E-state index contributed by atoms with van der Waals surface area (Å²) in [6, 6.07) is 15.6. The molecule has 0 fully saturated rings. The van der Waals surface area contributed by atoms with E-state index in [0.717, 1.165) is 37.8 Å². The molecule has 1 amide bonds. The van der Waals surface area contributed by atoms with Gasteiger partial charge in [-0.25, -0.2) is 0 Å². The van der Waals surface area contributed by atoms with Crippen molar-refractivity contribution in [2.24, 2.45) is 0 Å². The molecule has 0 spiro atoms. The number of carbonyl (C=O) groups is 1. The van der Waals surface area contributed by atoms with Crippen LogP contribution in [0.1, 0.15) is 22.3 Å². The Morgan fingerprint density at radius 3 is 2.84 bits per heavy atom. The normalized spacial score (nSPS) is 10.6. The molecule has 3 aromatic rings. The number of pyridine rings is 1. The zero-order chi connectivity index (χ0) is 17.6. The number of amides is 1. The molecule has 4 nitrogen and oxygen atoms in total. The predicted octanol–water partition coefficient (Wildman–Crippen LogP) is 4.35. The smallest absolute Gasteiger partial charge is 0.252 e. The Balaban J connectivity index is 1.50. The summed E-state index contributed by atoms with van der Waals surface area (Å²) in [6.07, 6.45) is 2.50. The van der Waals surface area contributed by atoms with Crippen molar-refractivity contribution in [3.63, 3.8) is 0 Å². The highest BCUT2D eigenvalue weighted by atomic mass is 127. The van der Waals surface area contributed by atoms with E-state index >= 15 is 0 Å². The number of nitrogens with zero attached hydrogens (tertiary/aromatic N) is 1. The lowest BCUT2D eigenvalue weighted by Crippen LogP contribution is -2.26. The van der Waals surface area contributed by atoms with E-state index in [-0.39, 0.29) is 5.91 Å². The Kier molecular flexibility index (Phi) is 5.86. The maximum atomic E-state index is 12.3. The van der Waals surface area contributed by atoms with Crippen molar-refractivity contribution in [2.45, 2.75) is 13.3 Å². The minimum absolute atomic E-state index is 0.0417. The van der Waals surface area contributed by atoms with Crippen molar-refractivity contribution in [2.75, 3.05) is 13.2 Å². The molecule has 0 atom stereocenters. The molecule has 0 saturated carbocycles. The second-order valence-corrected chi connectivity index (χ2v) is 6.80. The number of aromatic nitrogens is 1. The van der Waals surface area contributed by atoms with E-state index in [2.05, 4.69) is 32.9 Å². The lowest BCUT2D eigenvalue weighted by Gasteiger charge is -2.10. The molecular formula is C20H19IN2O2. The number of nitrogens with one attached hydrogen (secondary N) is 1. The summed E-state index contributed by atoms with van der Waals surface area (Å²) in [5.41, 5.74) is 2.70. The summed E-state index contributed by atoms with van der Waals surface area (Å²) in [5.74, 6) is 0.734. The van der Waals surface area contributed by atoms with Gasteiger partial charge in [-0.1, -0.05) is 30.3 Å². The topological polar surface area (TPSA) is 51.2 Å². The molecular weight excluding hydrogens is 427 g/mol. The van der Waals surface area contributed by atoms with Crippen LogP contribution in [0, 0.1) is 10.5 Å². The van der Waals surface area contributed by atoms with E-state index in [9.17, 15) is 4.79 Å². The van der Waals surface area contributed by atoms with Crippen LogP contribution in [-0.2, 0) is 0 Å². The average Bonchev–Trinajstić information content (AvgIpc) is 2.63. The van der Waals surface area contributed by atoms with Gasteiger partial charge in [0.2, 0.25) is 0 Å². The number of carbonyl (C=O) groups excluding carboxylic acids is 1. The zero-order valence-electron chi connectivity index (χ0n) is 14.0. The Hall–Kier alpha value is -2.15. The van der Waals surface area contributed by atoms with Crippen LogP contribution in [0.15, 0.2) is 54.7 Å². The third kappa shape index (κ3) is 4.28. The molecule has 128 valence electrons. The van der Waals surface area contributed by atoms with Crippen LogP contribution < -0.4 is 10.1 Å². The van der Waals surface area contributed by atoms with Crippen molar-refractivity contribution in [1.82, 2.24) is 10.3 Å². The van der Waals surface area contributed by atoms with Crippen molar-refractivity contribution >= 4 is 39.4 Å². The van der Waals surface area contributed by atoms with Crippen molar-refractivity contribution < 1.29 is 9.53 Å². The van der Waals surface area contributed by atoms with E-state index in [1.165, 1.54) is 0 Å². The van der Waals surface area contributed by atoms with Crippen LogP contribution >= 0.6 is 22.6 Å². The Morgan fingerprint density at radius 1 is 1.16 bits per heavy atom. The number of para-hydroxylation sites is 1. The molecule has 0 radical (unpaired) electrons. The molecule has 0 unspecified atom stereocenters. The Labute approximate surface area is 160 Å². The molecule has 25 heavy (non-hydrogen) atoms. The summed E-state index contributed by atoms with van der Waals surface area (Å²) in [5, 5.41) is 4.01. The number of fused-ring (bicyclic) bond motifs is 1. The fraction of sp³-hybridized carbons (Fsp3) is 0.200. The molecule has 0 saturated heterocycles. The van der Waals surface area contributed by atoms with Gasteiger partial charge < -0.3 is 10.1 Å². The fourth-order valence-corrected chi connectivity index (χ4v) is 3.17. The first kappa shape index (κ1) is 17.7. The molecule has 0 bridgehead atoms. The SMILES string of the molecule is Cc1cccc(C(=O)NCCCOc2cccc3cccnc23)c1I. The van der Waals surface area contributed by atoms with Gasteiger partial charge in [-0.2, -0.15) is 0 Å². The van der Waals surface area contributed by atoms with Crippen LogP contribution in [-0.4, -0.2) is 24.0 Å². The number of ether oxygens (including phenoxy) is 1. The summed E-state index contributed by atoms with van der Waals surface area (Å²) in [6.45, 7) is 3.10. The zero-order valence-corrected chi connectivity index (χ0v) is 16.1. The third-order valence-electron chi connectivity index (χ3n) is 3.90. The van der Waals surface area contributed by atoms with Crippen molar-refractivity contribution in [1.29, 1.82) is 0 Å². The van der Waals surface area contributed by atoms with Gasteiger partial charge in [0.25, 0.3) is 5.91 Å². The van der Waals surface area contributed by atoms with E-state index in [0.29, 0.717) is 13.2 Å². The molecule has 0 aliphatic rings. The number of benzene rings is 2. The first-order chi connectivity index (χ1) is 12.2. The predicted molar refractivity (Wildman–Crippen MR) is 108 cm³/mol. The second kappa shape index (κ2) is 8.29. The van der Waals surface area contributed by atoms with E-state index in [4.69, 9.17) is 4.74 Å². The number of hydrogen-bond donors (Lipinski definition) is 1. The summed E-state index contributed by atoms with van der Waals surface area (Å²) in [7, 11) is 0. The summed E-state index contributed by atoms with van der Waals surface area (Å²) >= 11 is 2.21. The number of hydrogen-bond acceptors (Lipinski definition) is 3. The van der Waals surface area contributed by atoms with Gasteiger partial charge >= 0.3 is 0 Å². The van der Waals surface area contributed by atoms with Gasteiger partial charge in [0.05, 0.1) is 12.2 Å². The lowest BCUT2D eigenvalue weighted by atomic mass is 10.1. The minimum atomic E-state index is -0.0417. The van der Waals surface area contributed by atoms with Gasteiger partial charge in [-0.05, 0) is 59.7 Å². The maximum Gasteiger partial charge on any atom is 0.252 e. The van der Waals surface area contributed by atoms with Gasteiger partial charge in [0, 0.05) is 21.7 Å². The van der Waals surface area contributed by atoms with Crippen LogP contribution in [0.3, 0.4) is 0 Å². The fourth-order valence-electron chi connectivity index (χ4n) is 2.57. The van der Waals surface area contributed by atoms with Gasteiger partial charge in [0.1, 0.15) is 11.3 Å². The third-order valence-corrected chi connectivity index (χ3v) is 5.33. The molecule has 3 rings (SSSR count). The number of rotatable bonds is 6. The number of halogens is 1. The first-order valence-electron chi connectivity index (χ1n) is 8.16. The maximum absolute atomic E-state index is 12.3.